The Labute approximate surface area is 153 Å². The minimum absolute atomic E-state index is 0.351. The van der Waals surface area contributed by atoms with Gasteiger partial charge in [-0.2, -0.15) is 0 Å². The molecule has 126 valence electrons. The fourth-order valence-electron chi connectivity index (χ4n) is 1.91. The summed E-state index contributed by atoms with van der Waals surface area (Å²) >= 11 is 9.20. The van der Waals surface area contributed by atoms with Crippen LogP contribution in [-0.4, -0.2) is 25.1 Å². The summed E-state index contributed by atoms with van der Waals surface area (Å²) < 4.78 is 11.1. The van der Waals surface area contributed by atoms with Crippen LogP contribution in [-0.2, 0) is 9.53 Å². The number of carbonyl (C=O) groups excluding carboxylic acids is 2. The van der Waals surface area contributed by atoms with Crippen molar-refractivity contribution in [1.82, 2.24) is 0 Å². The molecule has 0 spiro atoms. The smallest absolute Gasteiger partial charge is 0.338 e. The Kier molecular flexibility index (Phi) is 6.23. The number of methoxy groups -OCH3 is 1. The fraction of sp³-hybridized carbons (Fsp3) is 0.176. The maximum Gasteiger partial charge on any atom is 0.338 e. The zero-order valence-electron chi connectivity index (χ0n) is 13.0. The van der Waals surface area contributed by atoms with Crippen LogP contribution in [0.2, 0.25) is 5.02 Å². The van der Waals surface area contributed by atoms with Crippen molar-refractivity contribution in [3.8, 4) is 5.75 Å². The summed E-state index contributed by atoms with van der Waals surface area (Å²) in [6, 6.07) is 11.6. The molecule has 0 radical (unpaired) electrons. The number of halogens is 2. The average molecular weight is 413 g/mol. The van der Waals surface area contributed by atoms with E-state index in [9.17, 15) is 9.59 Å². The lowest BCUT2D eigenvalue weighted by molar-refractivity contribution is -0.123. The zero-order valence-corrected chi connectivity index (χ0v) is 15.3. The Morgan fingerprint density at radius 2 is 1.96 bits per heavy atom. The molecular formula is C17H15BrClNO4. The summed E-state index contributed by atoms with van der Waals surface area (Å²) in [6.45, 7) is 1.49. The normalized spacial score (nSPS) is 11.5. The summed E-state index contributed by atoms with van der Waals surface area (Å²) in [5, 5.41) is 3.08. The van der Waals surface area contributed by atoms with E-state index in [4.69, 9.17) is 21.1 Å². The molecule has 0 unspecified atom stereocenters. The standard InChI is InChI=1S/C17H15BrClNO4/c1-10(24-17(22)11-4-3-5-12(18)8-11)16(21)20-14-9-13(19)6-7-15(14)23-2/h3-10H,1-2H3,(H,20,21)/t10-/m1/s1. The van der Waals surface area contributed by atoms with E-state index in [0.29, 0.717) is 22.0 Å². The summed E-state index contributed by atoms with van der Waals surface area (Å²) in [5.41, 5.74) is 0.754. The Hall–Kier alpha value is -2.05. The number of amides is 1. The third-order valence-electron chi connectivity index (χ3n) is 3.13. The lowest BCUT2D eigenvalue weighted by Crippen LogP contribution is -2.30. The average Bonchev–Trinajstić information content (AvgIpc) is 2.55. The van der Waals surface area contributed by atoms with Gasteiger partial charge in [0.2, 0.25) is 0 Å². The number of hydrogen-bond acceptors (Lipinski definition) is 4. The lowest BCUT2D eigenvalue weighted by atomic mass is 10.2. The molecule has 2 aromatic carbocycles. The molecular weight excluding hydrogens is 398 g/mol. The number of benzene rings is 2. The summed E-state index contributed by atoms with van der Waals surface area (Å²) in [6.07, 6.45) is -0.986. The van der Waals surface area contributed by atoms with E-state index in [2.05, 4.69) is 21.2 Å². The molecule has 0 aromatic heterocycles. The lowest BCUT2D eigenvalue weighted by Gasteiger charge is -2.15. The van der Waals surface area contributed by atoms with Crippen molar-refractivity contribution < 1.29 is 19.1 Å². The highest BCUT2D eigenvalue weighted by Gasteiger charge is 2.20. The number of rotatable bonds is 5. The topological polar surface area (TPSA) is 64.6 Å². The fourth-order valence-corrected chi connectivity index (χ4v) is 2.48. The van der Waals surface area contributed by atoms with Gasteiger partial charge in [0.05, 0.1) is 18.4 Å². The molecule has 7 heteroatoms. The first kappa shape index (κ1) is 18.3. The van der Waals surface area contributed by atoms with Gasteiger partial charge in [-0.15, -0.1) is 0 Å². The van der Waals surface area contributed by atoms with Crippen LogP contribution in [0.1, 0.15) is 17.3 Å². The maximum atomic E-state index is 12.2. The van der Waals surface area contributed by atoms with Crippen molar-refractivity contribution in [3.63, 3.8) is 0 Å². The van der Waals surface area contributed by atoms with Crippen LogP contribution < -0.4 is 10.1 Å². The first-order chi connectivity index (χ1) is 11.4. The molecule has 2 rings (SSSR count). The predicted octanol–water partition coefficient (Wildman–Crippen LogP) is 4.30. The van der Waals surface area contributed by atoms with E-state index in [-0.39, 0.29) is 0 Å². The van der Waals surface area contributed by atoms with E-state index >= 15 is 0 Å². The van der Waals surface area contributed by atoms with Crippen molar-refractivity contribution in [2.75, 3.05) is 12.4 Å². The third-order valence-corrected chi connectivity index (χ3v) is 3.86. The van der Waals surface area contributed by atoms with Gasteiger partial charge in [0, 0.05) is 9.50 Å². The van der Waals surface area contributed by atoms with Gasteiger partial charge in [-0.1, -0.05) is 33.6 Å². The van der Waals surface area contributed by atoms with Gasteiger partial charge in [0.25, 0.3) is 5.91 Å². The van der Waals surface area contributed by atoms with Gasteiger partial charge in [0.1, 0.15) is 5.75 Å². The SMILES string of the molecule is COc1ccc(Cl)cc1NC(=O)[C@@H](C)OC(=O)c1cccc(Br)c1. The van der Waals surface area contributed by atoms with Gasteiger partial charge in [-0.05, 0) is 43.3 Å². The molecule has 0 saturated carbocycles. The quantitative estimate of drug-likeness (QED) is 0.744. The molecule has 24 heavy (non-hydrogen) atoms. The van der Waals surface area contributed by atoms with Gasteiger partial charge >= 0.3 is 5.97 Å². The Morgan fingerprint density at radius 1 is 1.21 bits per heavy atom. The summed E-state index contributed by atoms with van der Waals surface area (Å²) in [7, 11) is 1.48. The molecule has 2 aromatic rings. The largest absolute Gasteiger partial charge is 0.495 e. The minimum Gasteiger partial charge on any atom is -0.495 e. The minimum atomic E-state index is -0.986. The molecule has 1 atom stereocenters. The van der Waals surface area contributed by atoms with Crippen LogP contribution in [0.15, 0.2) is 46.9 Å². The first-order valence-electron chi connectivity index (χ1n) is 7.01. The van der Waals surface area contributed by atoms with Crippen LogP contribution in [0.3, 0.4) is 0 Å². The summed E-state index contributed by atoms with van der Waals surface area (Å²) in [5.74, 6) is -0.616. The highest BCUT2D eigenvalue weighted by atomic mass is 79.9. The highest BCUT2D eigenvalue weighted by Crippen LogP contribution is 2.27. The molecule has 0 heterocycles. The number of hydrogen-bond donors (Lipinski definition) is 1. The van der Waals surface area contributed by atoms with Crippen LogP contribution in [0, 0.1) is 0 Å². The Morgan fingerprint density at radius 3 is 2.62 bits per heavy atom. The number of nitrogens with one attached hydrogen (secondary N) is 1. The second kappa shape index (κ2) is 8.17. The maximum absolute atomic E-state index is 12.2. The molecule has 0 aliphatic rings. The van der Waals surface area contributed by atoms with Crippen molar-refractivity contribution in [2.45, 2.75) is 13.0 Å². The van der Waals surface area contributed by atoms with Crippen LogP contribution in [0.5, 0.6) is 5.75 Å². The zero-order chi connectivity index (χ0) is 17.7. The van der Waals surface area contributed by atoms with Crippen molar-refractivity contribution in [3.05, 3.63) is 57.5 Å². The molecule has 5 nitrogen and oxygen atoms in total. The van der Waals surface area contributed by atoms with Crippen LogP contribution in [0.4, 0.5) is 5.69 Å². The number of anilines is 1. The van der Waals surface area contributed by atoms with Gasteiger partial charge < -0.3 is 14.8 Å². The molecule has 0 saturated heterocycles. The molecule has 1 amide bonds. The predicted molar refractivity (Wildman–Crippen MR) is 95.7 cm³/mol. The van der Waals surface area contributed by atoms with Crippen molar-refractivity contribution in [1.29, 1.82) is 0 Å². The van der Waals surface area contributed by atoms with Gasteiger partial charge in [-0.25, -0.2) is 4.79 Å². The molecule has 0 fully saturated rings. The number of esters is 1. The van der Waals surface area contributed by atoms with Gasteiger partial charge in [0.15, 0.2) is 6.10 Å². The highest BCUT2D eigenvalue weighted by molar-refractivity contribution is 9.10. The van der Waals surface area contributed by atoms with Gasteiger partial charge in [-0.3, -0.25) is 4.79 Å². The van der Waals surface area contributed by atoms with Crippen LogP contribution >= 0.6 is 27.5 Å². The summed E-state index contributed by atoms with van der Waals surface area (Å²) in [4.78, 5) is 24.3. The Bertz CT molecular complexity index is 766. The third kappa shape index (κ3) is 4.72. The second-order valence-corrected chi connectivity index (χ2v) is 6.24. The van der Waals surface area contributed by atoms with E-state index in [0.717, 1.165) is 4.47 Å². The van der Waals surface area contributed by atoms with E-state index in [1.54, 1.807) is 42.5 Å². The van der Waals surface area contributed by atoms with Crippen molar-refractivity contribution >= 4 is 45.1 Å². The van der Waals surface area contributed by atoms with E-state index in [1.165, 1.54) is 14.0 Å². The monoisotopic (exact) mass is 411 g/mol. The number of ether oxygens (including phenoxy) is 2. The van der Waals surface area contributed by atoms with Crippen LogP contribution in [0.25, 0.3) is 0 Å². The molecule has 1 N–H and O–H groups in total. The van der Waals surface area contributed by atoms with E-state index < -0.39 is 18.0 Å². The molecule has 0 aliphatic carbocycles. The first-order valence-corrected chi connectivity index (χ1v) is 8.18. The van der Waals surface area contributed by atoms with Crippen molar-refractivity contribution in [2.24, 2.45) is 0 Å². The Balaban J connectivity index is 2.05. The molecule has 0 bridgehead atoms. The molecule has 0 aliphatic heterocycles. The van der Waals surface area contributed by atoms with E-state index in [1.807, 2.05) is 0 Å². The number of carbonyl (C=O) groups is 2. The second-order valence-electron chi connectivity index (χ2n) is 4.89.